The highest BCUT2D eigenvalue weighted by Gasteiger charge is 2.25. The van der Waals surface area contributed by atoms with Crippen LogP contribution < -0.4 is 5.48 Å². The van der Waals surface area contributed by atoms with Gasteiger partial charge in [-0.1, -0.05) is 48.9 Å². The second-order valence-electron chi connectivity index (χ2n) is 6.91. The molecule has 1 saturated heterocycles. The van der Waals surface area contributed by atoms with Crippen LogP contribution in [0, 0.1) is 0 Å². The first-order valence-corrected chi connectivity index (χ1v) is 11.0. The maximum Gasteiger partial charge on any atom is 0.243 e. The number of nitrogens with one attached hydrogen (secondary N) is 1. The number of piperidine rings is 1. The van der Waals surface area contributed by atoms with Crippen LogP contribution in [0.4, 0.5) is 0 Å². The Morgan fingerprint density at radius 2 is 1.61 bits per heavy atom. The molecule has 0 bridgehead atoms. The molecule has 7 heteroatoms. The van der Waals surface area contributed by atoms with Crippen LogP contribution in [0.2, 0.25) is 0 Å². The molecule has 28 heavy (non-hydrogen) atoms. The second kappa shape index (κ2) is 9.82. The molecular weight excluding hydrogens is 376 g/mol. The smallest absolute Gasteiger partial charge is 0.243 e. The Kier molecular flexibility index (Phi) is 7.19. The highest BCUT2D eigenvalue weighted by atomic mass is 32.2. The van der Waals surface area contributed by atoms with E-state index in [1.54, 1.807) is 28.6 Å². The molecular formula is C21H26N2O4S. The summed E-state index contributed by atoms with van der Waals surface area (Å²) in [6.45, 7) is 1.50. The van der Waals surface area contributed by atoms with E-state index >= 15 is 0 Å². The van der Waals surface area contributed by atoms with Gasteiger partial charge in [-0.3, -0.25) is 9.63 Å². The molecule has 2 aromatic carbocycles. The van der Waals surface area contributed by atoms with Crippen LogP contribution in [0.5, 0.6) is 0 Å². The third kappa shape index (κ3) is 5.64. The van der Waals surface area contributed by atoms with Crippen LogP contribution in [0.15, 0.2) is 59.5 Å². The van der Waals surface area contributed by atoms with Crippen molar-refractivity contribution in [1.82, 2.24) is 9.79 Å². The lowest BCUT2D eigenvalue weighted by molar-refractivity contribution is -0.134. The number of nitrogens with zero attached hydrogens (tertiary/aromatic N) is 1. The number of amides is 1. The summed E-state index contributed by atoms with van der Waals surface area (Å²) in [5.74, 6) is -0.207. The molecule has 0 aromatic heterocycles. The molecule has 1 N–H and O–H groups in total. The molecule has 150 valence electrons. The first-order valence-electron chi connectivity index (χ1n) is 9.59. The first-order chi connectivity index (χ1) is 13.6. The molecule has 3 rings (SSSR count). The number of hydroxylamine groups is 1. The Labute approximate surface area is 166 Å². The molecule has 1 aliphatic heterocycles. The van der Waals surface area contributed by atoms with Gasteiger partial charge in [0.15, 0.2) is 0 Å². The highest BCUT2D eigenvalue weighted by Crippen LogP contribution is 2.21. The lowest BCUT2D eigenvalue weighted by Gasteiger charge is -2.25. The molecule has 1 aliphatic rings. The molecule has 0 atom stereocenters. The summed E-state index contributed by atoms with van der Waals surface area (Å²) < 4.78 is 26.8. The fraction of sp³-hybridized carbons (Fsp3) is 0.381. The van der Waals surface area contributed by atoms with Gasteiger partial charge in [0.2, 0.25) is 15.9 Å². The average Bonchev–Trinajstić information content (AvgIpc) is 2.74. The van der Waals surface area contributed by atoms with Crippen LogP contribution in [-0.4, -0.2) is 31.7 Å². The fourth-order valence-electron chi connectivity index (χ4n) is 3.17. The van der Waals surface area contributed by atoms with Crippen molar-refractivity contribution in [3.05, 3.63) is 65.7 Å². The lowest BCUT2D eigenvalue weighted by Crippen LogP contribution is -2.35. The summed E-state index contributed by atoms with van der Waals surface area (Å²) in [5.41, 5.74) is 4.33. The molecule has 0 radical (unpaired) electrons. The fourth-order valence-corrected chi connectivity index (χ4v) is 4.68. The summed E-state index contributed by atoms with van der Waals surface area (Å²) in [6.07, 6.45) is 3.71. The number of hydrogen-bond donors (Lipinski definition) is 1. The first kappa shape index (κ1) is 20.5. The quantitative estimate of drug-likeness (QED) is 0.689. The van der Waals surface area contributed by atoms with Crippen LogP contribution in [0.25, 0.3) is 0 Å². The van der Waals surface area contributed by atoms with Crippen molar-refractivity contribution in [2.24, 2.45) is 0 Å². The number of rotatable bonds is 8. The van der Waals surface area contributed by atoms with Crippen molar-refractivity contribution in [2.45, 2.75) is 43.6 Å². The summed E-state index contributed by atoms with van der Waals surface area (Å²) >= 11 is 0. The zero-order valence-electron chi connectivity index (χ0n) is 15.8. The summed E-state index contributed by atoms with van der Waals surface area (Å²) in [5, 5.41) is 0. The monoisotopic (exact) mass is 402 g/mol. The summed E-state index contributed by atoms with van der Waals surface area (Å²) in [7, 11) is -3.41. The van der Waals surface area contributed by atoms with E-state index in [9.17, 15) is 13.2 Å². The van der Waals surface area contributed by atoms with Crippen molar-refractivity contribution in [1.29, 1.82) is 0 Å². The minimum absolute atomic E-state index is 0.207. The van der Waals surface area contributed by atoms with Crippen molar-refractivity contribution in [2.75, 3.05) is 13.1 Å². The number of sulfonamides is 1. The number of hydrogen-bond acceptors (Lipinski definition) is 4. The molecule has 0 aliphatic carbocycles. The predicted molar refractivity (Wildman–Crippen MR) is 107 cm³/mol. The van der Waals surface area contributed by atoms with Crippen molar-refractivity contribution >= 4 is 15.9 Å². The van der Waals surface area contributed by atoms with E-state index < -0.39 is 10.0 Å². The summed E-state index contributed by atoms with van der Waals surface area (Å²) in [6, 6.07) is 16.4. The van der Waals surface area contributed by atoms with Gasteiger partial charge in [-0.15, -0.1) is 0 Å². The minimum atomic E-state index is -3.41. The van der Waals surface area contributed by atoms with Crippen LogP contribution in [0.1, 0.15) is 36.8 Å². The van der Waals surface area contributed by atoms with Gasteiger partial charge in [-0.25, -0.2) is 13.9 Å². The molecule has 1 heterocycles. The van der Waals surface area contributed by atoms with Gasteiger partial charge in [0, 0.05) is 19.5 Å². The topological polar surface area (TPSA) is 75.7 Å². The Hall–Kier alpha value is -2.22. The molecule has 1 amide bonds. The Balaban J connectivity index is 1.45. The molecule has 0 saturated carbocycles. The molecule has 1 fully saturated rings. The number of carbonyl (C=O) groups is 1. The molecule has 0 spiro atoms. The van der Waals surface area contributed by atoms with E-state index in [-0.39, 0.29) is 12.3 Å². The third-order valence-corrected chi connectivity index (χ3v) is 6.70. The van der Waals surface area contributed by atoms with Gasteiger partial charge in [0.25, 0.3) is 0 Å². The lowest BCUT2D eigenvalue weighted by atomic mass is 10.1. The predicted octanol–water partition coefficient (Wildman–Crippen LogP) is 3.04. The third-order valence-electron chi connectivity index (χ3n) is 4.78. The van der Waals surface area contributed by atoms with Crippen molar-refractivity contribution in [3.63, 3.8) is 0 Å². The molecule has 6 nitrogen and oxygen atoms in total. The van der Waals surface area contributed by atoms with Crippen LogP contribution in [-0.2, 0) is 32.7 Å². The van der Waals surface area contributed by atoms with Crippen molar-refractivity contribution in [3.8, 4) is 0 Å². The largest absolute Gasteiger partial charge is 0.273 e. The number of carbonyl (C=O) groups excluding carboxylic acids is 1. The van der Waals surface area contributed by atoms with E-state index in [0.717, 1.165) is 30.4 Å². The normalized spacial score (nSPS) is 15.3. The number of aryl methyl sites for hydroxylation is 1. The molecule has 2 aromatic rings. The zero-order chi connectivity index (χ0) is 19.8. The van der Waals surface area contributed by atoms with Gasteiger partial charge in [0.05, 0.1) is 11.5 Å². The number of benzene rings is 2. The SMILES string of the molecule is O=C(CCc1ccc(S(=O)(=O)N2CCCCC2)cc1)NOCc1ccccc1. The summed E-state index contributed by atoms with van der Waals surface area (Å²) in [4.78, 5) is 17.4. The average molecular weight is 403 g/mol. The van der Waals surface area contributed by atoms with Gasteiger partial charge < -0.3 is 0 Å². The van der Waals surface area contributed by atoms with E-state index in [0.29, 0.717) is 31.0 Å². The van der Waals surface area contributed by atoms with Crippen molar-refractivity contribution < 1.29 is 18.0 Å². The van der Waals surface area contributed by atoms with Gasteiger partial charge in [-0.05, 0) is 42.5 Å². The van der Waals surface area contributed by atoms with E-state index in [4.69, 9.17) is 4.84 Å². The Bertz CT molecular complexity index is 861. The van der Waals surface area contributed by atoms with E-state index in [1.807, 2.05) is 30.3 Å². The highest BCUT2D eigenvalue weighted by molar-refractivity contribution is 7.89. The Morgan fingerprint density at radius 1 is 0.929 bits per heavy atom. The van der Waals surface area contributed by atoms with Gasteiger partial charge in [-0.2, -0.15) is 4.31 Å². The zero-order valence-corrected chi connectivity index (χ0v) is 16.7. The Morgan fingerprint density at radius 3 is 2.29 bits per heavy atom. The maximum atomic E-state index is 12.6. The minimum Gasteiger partial charge on any atom is -0.273 e. The maximum absolute atomic E-state index is 12.6. The van der Waals surface area contributed by atoms with Crippen LogP contribution >= 0.6 is 0 Å². The standard InChI is InChI=1S/C21H26N2O4S/c24-21(22-27-17-19-7-3-1-4-8-19)14-11-18-9-12-20(13-10-18)28(25,26)23-15-5-2-6-16-23/h1,3-4,7-10,12-13H,2,5-6,11,14-17H2,(H,22,24). The second-order valence-corrected chi connectivity index (χ2v) is 8.85. The van der Waals surface area contributed by atoms with Gasteiger partial charge in [0.1, 0.15) is 0 Å². The van der Waals surface area contributed by atoms with Crippen LogP contribution in [0.3, 0.4) is 0 Å². The molecule has 0 unspecified atom stereocenters. The van der Waals surface area contributed by atoms with E-state index in [1.165, 1.54) is 0 Å². The van der Waals surface area contributed by atoms with Gasteiger partial charge >= 0.3 is 0 Å². The van der Waals surface area contributed by atoms with E-state index in [2.05, 4.69) is 5.48 Å².